The molecular weight excluding hydrogens is 130 g/mol. The number of aliphatic hydroxyl groups is 1. The van der Waals surface area contributed by atoms with Crippen molar-refractivity contribution < 1.29 is 5.11 Å². The fourth-order valence-corrected chi connectivity index (χ4v) is 0.732. The van der Waals surface area contributed by atoms with Crippen LogP contribution >= 0.6 is 0 Å². The van der Waals surface area contributed by atoms with Crippen molar-refractivity contribution in [2.45, 2.75) is 32.4 Å². The number of rotatable bonds is 3. The van der Waals surface area contributed by atoms with E-state index in [0.29, 0.717) is 0 Å². The first-order chi connectivity index (χ1) is 4.57. The zero-order valence-electron chi connectivity index (χ0n) is 6.41. The molecule has 0 amide bonds. The number of aliphatic hydroxyl groups excluding tert-OH is 1. The van der Waals surface area contributed by atoms with Crippen molar-refractivity contribution >= 4 is 5.96 Å². The molecule has 0 fully saturated rings. The van der Waals surface area contributed by atoms with Gasteiger partial charge in [-0.25, -0.2) is 4.99 Å². The van der Waals surface area contributed by atoms with Crippen molar-refractivity contribution in [3.05, 3.63) is 0 Å². The highest BCUT2D eigenvalue weighted by atomic mass is 16.3. The van der Waals surface area contributed by atoms with Crippen LogP contribution in [0.2, 0.25) is 0 Å². The molecule has 4 heteroatoms. The number of nitrogens with zero attached hydrogens (tertiary/aromatic N) is 1. The van der Waals surface area contributed by atoms with Gasteiger partial charge in [0.1, 0.15) is 0 Å². The van der Waals surface area contributed by atoms with Gasteiger partial charge in [0.2, 0.25) is 0 Å². The van der Waals surface area contributed by atoms with Gasteiger partial charge in [-0.2, -0.15) is 0 Å². The minimum Gasteiger partial charge on any atom is -0.391 e. The lowest BCUT2D eigenvalue weighted by atomic mass is 10.1. The van der Waals surface area contributed by atoms with E-state index in [2.05, 4.69) is 4.99 Å². The van der Waals surface area contributed by atoms with Gasteiger partial charge in [-0.15, -0.1) is 0 Å². The summed E-state index contributed by atoms with van der Waals surface area (Å²) in [5.41, 5.74) is 10.2. The third kappa shape index (κ3) is 3.29. The molecule has 0 aromatic heterocycles. The highest BCUT2D eigenvalue weighted by molar-refractivity contribution is 5.75. The molecule has 0 aliphatic carbocycles. The lowest BCUT2D eigenvalue weighted by molar-refractivity contribution is 0.162. The third-order valence-electron chi connectivity index (χ3n) is 1.29. The predicted octanol–water partition coefficient (Wildman–Crippen LogP) is -0.581. The Hall–Kier alpha value is -0.770. The molecule has 2 atom stereocenters. The van der Waals surface area contributed by atoms with E-state index in [9.17, 15) is 0 Å². The average molecular weight is 145 g/mol. The molecule has 60 valence electrons. The first-order valence-electron chi connectivity index (χ1n) is 3.34. The third-order valence-corrected chi connectivity index (χ3v) is 1.29. The lowest BCUT2D eigenvalue weighted by Crippen LogP contribution is -2.29. The summed E-state index contributed by atoms with van der Waals surface area (Å²) < 4.78 is 0. The van der Waals surface area contributed by atoms with Gasteiger partial charge in [0.05, 0.1) is 12.1 Å². The van der Waals surface area contributed by atoms with Crippen molar-refractivity contribution in [2.24, 2.45) is 16.5 Å². The van der Waals surface area contributed by atoms with Gasteiger partial charge in [-0.05, 0) is 13.3 Å². The molecule has 0 heterocycles. The van der Waals surface area contributed by atoms with Crippen LogP contribution in [0, 0.1) is 0 Å². The number of hydrogen-bond donors (Lipinski definition) is 3. The van der Waals surface area contributed by atoms with E-state index in [1.165, 1.54) is 0 Å². The predicted molar refractivity (Wildman–Crippen MR) is 41.6 cm³/mol. The Bertz CT molecular complexity index is 118. The second kappa shape index (κ2) is 4.11. The summed E-state index contributed by atoms with van der Waals surface area (Å²) in [6, 6.07) is -0.162. The molecule has 0 bridgehead atoms. The Morgan fingerprint density at radius 3 is 2.20 bits per heavy atom. The van der Waals surface area contributed by atoms with Gasteiger partial charge >= 0.3 is 0 Å². The molecule has 0 saturated heterocycles. The lowest BCUT2D eigenvalue weighted by Gasteiger charge is -2.12. The van der Waals surface area contributed by atoms with Crippen LogP contribution in [0.4, 0.5) is 0 Å². The molecule has 5 N–H and O–H groups in total. The van der Waals surface area contributed by atoms with Gasteiger partial charge in [-0.3, -0.25) is 0 Å². The van der Waals surface area contributed by atoms with Gasteiger partial charge in [0, 0.05) is 0 Å². The van der Waals surface area contributed by atoms with Crippen LogP contribution in [0.5, 0.6) is 0 Å². The van der Waals surface area contributed by atoms with E-state index in [4.69, 9.17) is 16.6 Å². The maximum Gasteiger partial charge on any atom is 0.186 e. The second-order valence-corrected chi connectivity index (χ2v) is 2.27. The summed E-state index contributed by atoms with van der Waals surface area (Å²) in [4.78, 5) is 3.82. The molecule has 0 aromatic carbocycles. The maximum absolute atomic E-state index is 9.04. The quantitative estimate of drug-likeness (QED) is 0.367. The number of nitrogens with two attached hydrogens (primary N) is 2. The minimum atomic E-state index is -0.480. The number of guanidine groups is 1. The molecular formula is C6H15N3O. The van der Waals surface area contributed by atoms with Crippen LogP contribution in [0.1, 0.15) is 20.3 Å². The Morgan fingerprint density at radius 2 is 2.10 bits per heavy atom. The van der Waals surface area contributed by atoms with Crippen LogP contribution in [0.15, 0.2) is 4.99 Å². The fraction of sp³-hybridized carbons (Fsp3) is 0.833. The van der Waals surface area contributed by atoms with Crippen molar-refractivity contribution in [2.75, 3.05) is 0 Å². The zero-order valence-corrected chi connectivity index (χ0v) is 6.41. The average Bonchev–Trinajstić information content (AvgIpc) is 1.81. The zero-order chi connectivity index (χ0) is 8.15. The SMILES string of the molecule is CCC(N=C(N)N)C(C)O. The first-order valence-corrected chi connectivity index (χ1v) is 3.34. The molecule has 2 unspecified atom stereocenters. The van der Waals surface area contributed by atoms with Crippen molar-refractivity contribution in [3.8, 4) is 0 Å². The molecule has 0 aromatic rings. The fourth-order valence-electron chi connectivity index (χ4n) is 0.732. The van der Waals surface area contributed by atoms with Crippen molar-refractivity contribution in [1.29, 1.82) is 0 Å². The number of aliphatic imine (C=N–C) groups is 1. The van der Waals surface area contributed by atoms with E-state index >= 15 is 0 Å². The normalized spacial score (nSPS) is 15.9. The van der Waals surface area contributed by atoms with Crippen LogP contribution in [0.3, 0.4) is 0 Å². The Labute approximate surface area is 60.9 Å². The molecule has 0 aliphatic rings. The van der Waals surface area contributed by atoms with Crippen molar-refractivity contribution in [1.82, 2.24) is 0 Å². The van der Waals surface area contributed by atoms with Gasteiger partial charge in [0.15, 0.2) is 5.96 Å². The van der Waals surface area contributed by atoms with E-state index in [1.807, 2.05) is 6.92 Å². The summed E-state index contributed by atoms with van der Waals surface area (Å²) >= 11 is 0. The van der Waals surface area contributed by atoms with Crippen molar-refractivity contribution in [3.63, 3.8) is 0 Å². The monoisotopic (exact) mass is 145 g/mol. The standard InChI is InChI=1S/C6H15N3O/c1-3-5(4(2)10)9-6(7)8/h4-5,10H,3H2,1-2H3,(H4,7,8,9). The Morgan fingerprint density at radius 1 is 1.60 bits per heavy atom. The molecule has 0 spiro atoms. The van der Waals surface area contributed by atoms with Gasteiger partial charge in [0.25, 0.3) is 0 Å². The number of hydrogen-bond acceptors (Lipinski definition) is 2. The topological polar surface area (TPSA) is 84.6 Å². The molecule has 10 heavy (non-hydrogen) atoms. The molecule has 0 aliphatic heterocycles. The highest BCUT2D eigenvalue weighted by Crippen LogP contribution is 2.01. The summed E-state index contributed by atoms with van der Waals surface area (Å²) in [7, 11) is 0. The maximum atomic E-state index is 9.04. The highest BCUT2D eigenvalue weighted by Gasteiger charge is 2.09. The first kappa shape index (κ1) is 9.23. The molecule has 0 radical (unpaired) electrons. The summed E-state index contributed by atoms with van der Waals surface area (Å²) in [6.07, 6.45) is 0.266. The van der Waals surface area contributed by atoms with Gasteiger partial charge in [-0.1, -0.05) is 6.92 Å². The summed E-state index contributed by atoms with van der Waals surface area (Å²) in [5.74, 6) is 0.0350. The van der Waals surface area contributed by atoms with E-state index < -0.39 is 6.10 Å². The Balaban J connectivity index is 3.96. The minimum absolute atomic E-state index is 0.0350. The van der Waals surface area contributed by atoms with Crippen LogP contribution in [-0.2, 0) is 0 Å². The van der Waals surface area contributed by atoms with Crippen LogP contribution in [0.25, 0.3) is 0 Å². The smallest absolute Gasteiger partial charge is 0.186 e. The van der Waals surface area contributed by atoms with Crippen LogP contribution < -0.4 is 11.5 Å². The molecule has 0 saturated carbocycles. The van der Waals surface area contributed by atoms with E-state index in [-0.39, 0.29) is 12.0 Å². The largest absolute Gasteiger partial charge is 0.391 e. The summed E-state index contributed by atoms with van der Waals surface area (Å²) in [5, 5.41) is 9.04. The Kier molecular flexibility index (Phi) is 3.79. The van der Waals surface area contributed by atoms with Crippen LogP contribution in [-0.4, -0.2) is 23.2 Å². The second-order valence-electron chi connectivity index (χ2n) is 2.27. The summed E-state index contributed by atoms with van der Waals surface area (Å²) in [6.45, 7) is 3.59. The van der Waals surface area contributed by atoms with E-state index in [0.717, 1.165) is 6.42 Å². The van der Waals surface area contributed by atoms with Gasteiger partial charge < -0.3 is 16.6 Å². The molecule has 4 nitrogen and oxygen atoms in total. The van der Waals surface area contributed by atoms with E-state index in [1.54, 1.807) is 6.92 Å². The molecule has 0 rings (SSSR count).